The Bertz CT molecular complexity index is 1040. The number of nitrogens with two attached hydrogens (primary N) is 1. The van der Waals surface area contributed by atoms with Crippen molar-refractivity contribution in [3.05, 3.63) is 65.6 Å². The molecule has 1 fully saturated rings. The van der Waals surface area contributed by atoms with Gasteiger partial charge in [0, 0.05) is 24.5 Å². The van der Waals surface area contributed by atoms with Gasteiger partial charge in [0.2, 0.25) is 5.91 Å². The van der Waals surface area contributed by atoms with E-state index < -0.39 is 12.0 Å². The van der Waals surface area contributed by atoms with Gasteiger partial charge in [-0.2, -0.15) is 0 Å². The zero-order valence-electron chi connectivity index (χ0n) is 16.1. The van der Waals surface area contributed by atoms with E-state index in [2.05, 4.69) is 4.98 Å². The number of aromatic nitrogens is 2. The molecule has 29 heavy (non-hydrogen) atoms. The monoisotopic (exact) mass is 394 g/mol. The lowest BCUT2D eigenvalue weighted by atomic mass is 10.1. The molecule has 8 heteroatoms. The maximum atomic E-state index is 12.7. The van der Waals surface area contributed by atoms with Crippen LogP contribution in [-0.2, 0) is 16.1 Å². The number of rotatable bonds is 5. The molecular formula is C21H22N4O4. The second-order valence-electron chi connectivity index (χ2n) is 6.98. The fourth-order valence-electron chi connectivity index (χ4n) is 3.31. The molecule has 4 rings (SSSR count). The summed E-state index contributed by atoms with van der Waals surface area (Å²) in [6, 6.07) is 10.9. The molecule has 1 atom stereocenters. The van der Waals surface area contributed by atoms with Gasteiger partial charge in [-0.05, 0) is 42.8 Å². The second kappa shape index (κ2) is 7.92. The normalized spacial score (nSPS) is 16.7. The maximum absolute atomic E-state index is 12.7. The van der Waals surface area contributed by atoms with E-state index >= 15 is 0 Å². The van der Waals surface area contributed by atoms with Crippen LogP contribution < -0.4 is 10.5 Å². The lowest BCUT2D eigenvalue weighted by Gasteiger charge is -2.31. The van der Waals surface area contributed by atoms with Crippen molar-refractivity contribution < 1.29 is 19.1 Å². The first-order valence-electron chi connectivity index (χ1n) is 9.37. The number of ether oxygens (including phenoxy) is 2. The predicted octanol–water partition coefficient (Wildman–Crippen LogP) is 1.55. The van der Waals surface area contributed by atoms with Crippen LogP contribution in [0.5, 0.6) is 5.75 Å². The summed E-state index contributed by atoms with van der Waals surface area (Å²) in [4.78, 5) is 30.1. The summed E-state index contributed by atoms with van der Waals surface area (Å²) in [6.07, 6.45) is 3.13. The topological polar surface area (TPSA) is 99.2 Å². The van der Waals surface area contributed by atoms with Gasteiger partial charge in [-0.3, -0.25) is 9.59 Å². The number of aryl methyl sites for hydroxylation is 1. The summed E-state index contributed by atoms with van der Waals surface area (Å²) in [6.45, 7) is 3.23. The predicted molar refractivity (Wildman–Crippen MR) is 106 cm³/mol. The third-order valence-corrected chi connectivity index (χ3v) is 4.89. The number of amides is 2. The molecule has 1 aromatic carbocycles. The molecule has 2 amide bonds. The standard InChI is InChI=1S/C21H22N4O4/c1-14-3-2-8-24-11-16(23-20(14)24)13-29-17-6-4-15(5-7-17)21(27)25-9-10-28-18(12-25)19(22)26/h2-8,11,18H,9-10,12-13H2,1H3,(H2,22,26). The van der Waals surface area contributed by atoms with Crippen LogP contribution >= 0.6 is 0 Å². The Labute approximate surface area is 167 Å². The Hall–Kier alpha value is -3.39. The SMILES string of the molecule is Cc1cccn2cc(COc3ccc(C(=O)N4CCOC(C(N)=O)C4)cc3)nc12. The number of hydrogen-bond donors (Lipinski definition) is 1. The van der Waals surface area contributed by atoms with Crippen molar-refractivity contribution in [3.8, 4) is 5.75 Å². The van der Waals surface area contributed by atoms with Crippen LogP contribution in [0.15, 0.2) is 48.8 Å². The van der Waals surface area contributed by atoms with Gasteiger partial charge in [0.15, 0.2) is 6.10 Å². The van der Waals surface area contributed by atoms with Crippen molar-refractivity contribution >= 4 is 17.5 Å². The van der Waals surface area contributed by atoms with Crippen LogP contribution in [0, 0.1) is 6.92 Å². The van der Waals surface area contributed by atoms with Crippen molar-refractivity contribution in [3.63, 3.8) is 0 Å². The third kappa shape index (κ3) is 4.07. The lowest BCUT2D eigenvalue weighted by Crippen LogP contribution is -2.50. The molecule has 0 aliphatic carbocycles. The Morgan fingerprint density at radius 3 is 2.79 bits per heavy atom. The van der Waals surface area contributed by atoms with E-state index in [-0.39, 0.29) is 12.5 Å². The molecule has 1 aliphatic rings. The van der Waals surface area contributed by atoms with Crippen LogP contribution in [0.2, 0.25) is 0 Å². The number of imidazole rings is 1. The van der Waals surface area contributed by atoms with Crippen molar-refractivity contribution in [2.45, 2.75) is 19.6 Å². The van der Waals surface area contributed by atoms with Gasteiger partial charge < -0.3 is 24.5 Å². The number of nitrogens with zero attached hydrogens (tertiary/aromatic N) is 3. The van der Waals surface area contributed by atoms with Crippen LogP contribution in [0.3, 0.4) is 0 Å². The molecule has 0 bridgehead atoms. The molecule has 0 saturated carbocycles. The Kier molecular flexibility index (Phi) is 5.18. The van der Waals surface area contributed by atoms with E-state index in [1.54, 1.807) is 29.2 Å². The number of primary amides is 1. The average molecular weight is 394 g/mol. The van der Waals surface area contributed by atoms with Crippen LogP contribution in [-0.4, -0.2) is 51.9 Å². The summed E-state index contributed by atoms with van der Waals surface area (Å²) in [5.41, 5.74) is 8.63. The number of hydrogen-bond acceptors (Lipinski definition) is 5. The van der Waals surface area contributed by atoms with Gasteiger partial charge in [0.25, 0.3) is 5.91 Å². The highest BCUT2D eigenvalue weighted by molar-refractivity contribution is 5.95. The molecule has 2 N–H and O–H groups in total. The van der Waals surface area contributed by atoms with Crippen LogP contribution in [0.25, 0.3) is 5.65 Å². The largest absolute Gasteiger partial charge is 0.487 e. The zero-order chi connectivity index (χ0) is 20.4. The Morgan fingerprint density at radius 2 is 2.07 bits per heavy atom. The highest BCUT2D eigenvalue weighted by atomic mass is 16.5. The molecule has 1 saturated heterocycles. The first kappa shape index (κ1) is 18.9. The minimum Gasteiger partial charge on any atom is -0.487 e. The average Bonchev–Trinajstić information content (AvgIpc) is 3.17. The van der Waals surface area contributed by atoms with Gasteiger partial charge in [0.05, 0.1) is 18.8 Å². The van der Waals surface area contributed by atoms with Gasteiger partial charge >= 0.3 is 0 Å². The molecule has 3 heterocycles. The number of fused-ring (bicyclic) bond motifs is 1. The van der Waals surface area contributed by atoms with Gasteiger partial charge in [0.1, 0.15) is 18.0 Å². The van der Waals surface area contributed by atoms with Crippen LogP contribution in [0.1, 0.15) is 21.6 Å². The van der Waals surface area contributed by atoms with Crippen molar-refractivity contribution in [1.29, 1.82) is 0 Å². The van der Waals surface area contributed by atoms with E-state index in [0.29, 0.717) is 31.1 Å². The zero-order valence-corrected chi connectivity index (χ0v) is 16.1. The molecule has 0 spiro atoms. The summed E-state index contributed by atoms with van der Waals surface area (Å²) < 4.78 is 13.1. The van der Waals surface area contributed by atoms with Crippen molar-refractivity contribution in [1.82, 2.24) is 14.3 Å². The highest BCUT2D eigenvalue weighted by Crippen LogP contribution is 2.17. The lowest BCUT2D eigenvalue weighted by molar-refractivity contribution is -0.133. The van der Waals surface area contributed by atoms with E-state index in [0.717, 1.165) is 16.9 Å². The summed E-state index contributed by atoms with van der Waals surface area (Å²) >= 11 is 0. The minimum absolute atomic E-state index is 0.165. The molecular weight excluding hydrogens is 372 g/mol. The maximum Gasteiger partial charge on any atom is 0.254 e. The Balaban J connectivity index is 1.39. The number of pyridine rings is 1. The number of morpholine rings is 1. The summed E-state index contributed by atoms with van der Waals surface area (Å²) in [5, 5.41) is 0. The molecule has 1 aliphatic heterocycles. The first-order valence-corrected chi connectivity index (χ1v) is 9.37. The van der Waals surface area contributed by atoms with Gasteiger partial charge in [-0.1, -0.05) is 6.07 Å². The molecule has 8 nitrogen and oxygen atoms in total. The fraction of sp³-hybridized carbons (Fsp3) is 0.286. The van der Waals surface area contributed by atoms with E-state index in [9.17, 15) is 9.59 Å². The number of benzene rings is 1. The van der Waals surface area contributed by atoms with Crippen molar-refractivity contribution in [2.75, 3.05) is 19.7 Å². The smallest absolute Gasteiger partial charge is 0.254 e. The van der Waals surface area contributed by atoms with E-state index in [4.69, 9.17) is 15.2 Å². The number of carbonyl (C=O) groups excluding carboxylic acids is 2. The molecule has 3 aromatic rings. The molecule has 0 radical (unpaired) electrons. The van der Waals surface area contributed by atoms with Crippen molar-refractivity contribution in [2.24, 2.45) is 5.73 Å². The Morgan fingerprint density at radius 1 is 1.28 bits per heavy atom. The quantitative estimate of drug-likeness (QED) is 0.708. The van der Waals surface area contributed by atoms with Gasteiger partial charge in [-0.25, -0.2) is 4.98 Å². The highest BCUT2D eigenvalue weighted by Gasteiger charge is 2.28. The number of carbonyl (C=O) groups is 2. The molecule has 2 aromatic heterocycles. The first-order chi connectivity index (χ1) is 14.0. The van der Waals surface area contributed by atoms with Crippen LogP contribution in [0.4, 0.5) is 0 Å². The molecule has 150 valence electrons. The second-order valence-corrected chi connectivity index (χ2v) is 6.98. The third-order valence-electron chi connectivity index (χ3n) is 4.89. The summed E-state index contributed by atoms with van der Waals surface area (Å²) in [7, 11) is 0. The minimum atomic E-state index is -0.760. The van der Waals surface area contributed by atoms with E-state index in [1.807, 2.05) is 35.9 Å². The van der Waals surface area contributed by atoms with Gasteiger partial charge in [-0.15, -0.1) is 0 Å². The molecule has 1 unspecified atom stereocenters. The summed E-state index contributed by atoms with van der Waals surface area (Å²) in [5.74, 6) is -0.0809. The fourth-order valence-corrected chi connectivity index (χ4v) is 3.31. The van der Waals surface area contributed by atoms with E-state index in [1.165, 1.54) is 0 Å².